The number of fused-ring (bicyclic) bond motifs is 1. The molecule has 3 nitrogen and oxygen atoms in total. The number of nitrogens with zero attached hydrogens (tertiary/aromatic N) is 1. The van der Waals surface area contributed by atoms with E-state index < -0.39 is 0 Å². The summed E-state index contributed by atoms with van der Waals surface area (Å²) in [5, 5.41) is 11.7. The Kier molecular flexibility index (Phi) is 4.59. The predicted molar refractivity (Wildman–Crippen MR) is 103 cm³/mol. The Hall–Kier alpha value is -2.50. The molecule has 0 unspecified atom stereocenters. The van der Waals surface area contributed by atoms with Gasteiger partial charge in [0.15, 0.2) is 5.06 Å². The molecule has 0 radical (unpaired) electrons. The highest BCUT2D eigenvalue weighted by Gasteiger charge is 2.14. The van der Waals surface area contributed by atoms with Crippen LogP contribution in [0.5, 0.6) is 10.8 Å². The number of pyridine rings is 1. The molecule has 1 N–H and O–H groups in total. The molecule has 124 valence electrons. The molecular weight excluding hydrogens is 350 g/mol. The van der Waals surface area contributed by atoms with E-state index in [1.54, 1.807) is 24.2 Å². The summed E-state index contributed by atoms with van der Waals surface area (Å²) in [4.78, 5) is 6.07. The molecule has 0 spiro atoms. The van der Waals surface area contributed by atoms with Crippen LogP contribution >= 0.6 is 23.1 Å². The van der Waals surface area contributed by atoms with Crippen LogP contribution in [-0.4, -0.2) is 10.1 Å². The van der Waals surface area contributed by atoms with Crippen molar-refractivity contribution >= 4 is 33.2 Å². The van der Waals surface area contributed by atoms with Crippen LogP contribution in [0.3, 0.4) is 0 Å². The molecule has 4 aromatic rings. The van der Waals surface area contributed by atoms with Crippen LogP contribution in [-0.2, 0) is 6.61 Å². The van der Waals surface area contributed by atoms with Gasteiger partial charge in [-0.1, -0.05) is 47.4 Å². The largest absolute Gasteiger partial charge is 0.499 e. The van der Waals surface area contributed by atoms with Crippen molar-refractivity contribution in [3.8, 4) is 10.8 Å². The van der Waals surface area contributed by atoms with Crippen molar-refractivity contribution in [2.75, 3.05) is 0 Å². The molecule has 4 rings (SSSR count). The van der Waals surface area contributed by atoms with Crippen molar-refractivity contribution in [1.82, 2.24) is 4.98 Å². The maximum Gasteiger partial charge on any atom is 0.186 e. The number of thiophene rings is 1. The summed E-state index contributed by atoms with van der Waals surface area (Å²) in [6.07, 6.45) is 3.54. The van der Waals surface area contributed by atoms with E-state index in [1.165, 1.54) is 11.3 Å². The van der Waals surface area contributed by atoms with Crippen molar-refractivity contribution < 1.29 is 9.84 Å². The van der Waals surface area contributed by atoms with E-state index in [2.05, 4.69) is 4.98 Å². The van der Waals surface area contributed by atoms with Crippen LogP contribution in [0.1, 0.15) is 5.56 Å². The van der Waals surface area contributed by atoms with E-state index in [4.69, 9.17) is 4.74 Å². The zero-order valence-electron chi connectivity index (χ0n) is 13.3. The molecular formula is C20H15NO2S2. The lowest BCUT2D eigenvalue weighted by atomic mass is 10.2. The van der Waals surface area contributed by atoms with Gasteiger partial charge in [0.05, 0.1) is 4.90 Å². The van der Waals surface area contributed by atoms with Crippen molar-refractivity contribution in [2.45, 2.75) is 16.4 Å². The van der Waals surface area contributed by atoms with Crippen LogP contribution in [0, 0.1) is 0 Å². The van der Waals surface area contributed by atoms with Crippen molar-refractivity contribution in [3.05, 3.63) is 78.6 Å². The second-order valence-corrected chi connectivity index (χ2v) is 7.57. The summed E-state index contributed by atoms with van der Waals surface area (Å²) in [6.45, 7) is 0.469. The Labute approximate surface area is 153 Å². The lowest BCUT2D eigenvalue weighted by molar-refractivity contribution is 0.306. The first-order valence-corrected chi connectivity index (χ1v) is 9.43. The number of rotatable bonds is 5. The maximum absolute atomic E-state index is 10.3. The highest BCUT2D eigenvalue weighted by atomic mass is 32.2. The molecule has 0 saturated carbocycles. The van der Waals surface area contributed by atoms with Gasteiger partial charge in [0.1, 0.15) is 12.4 Å². The van der Waals surface area contributed by atoms with Gasteiger partial charge in [0.25, 0.3) is 0 Å². The minimum Gasteiger partial charge on any atom is -0.499 e. The molecule has 0 fully saturated rings. The summed E-state index contributed by atoms with van der Waals surface area (Å²) in [5.74, 6) is 0.782. The topological polar surface area (TPSA) is 42.4 Å². The van der Waals surface area contributed by atoms with Gasteiger partial charge in [0, 0.05) is 32.9 Å². The molecule has 5 heteroatoms. The summed E-state index contributed by atoms with van der Waals surface area (Å²) in [5.41, 5.74) is 1.02. The van der Waals surface area contributed by atoms with Gasteiger partial charge in [-0.25, -0.2) is 0 Å². The predicted octanol–water partition coefficient (Wildman–Crippen LogP) is 5.73. The molecule has 0 aliphatic rings. The molecule has 0 atom stereocenters. The quantitative estimate of drug-likeness (QED) is 0.490. The first kappa shape index (κ1) is 16.0. The standard InChI is InChI=1S/C20H15NO2S2/c22-20-19(24-16-6-2-1-3-7-16)17-11-15(8-9-18(17)25-20)23-13-14-5-4-10-21-12-14/h1-12,22H,13H2. The molecule has 25 heavy (non-hydrogen) atoms. The molecule has 2 aromatic heterocycles. The van der Waals surface area contributed by atoms with Crippen LogP contribution in [0.15, 0.2) is 82.8 Å². The molecule has 0 amide bonds. The highest BCUT2D eigenvalue weighted by Crippen LogP contribution is 2.46. The maximum atomic E-state index is 10.3. The van der Waals surface area contributed by atoms with Gasteiger partial charge >= 0.3 is 0 Å². The first-order chi connectivity index (χ1) is 12.3. The third kappa shape index (κ3) is 3.62. The minimum atomic E-state index is 0.341. The number of ether oxygens (including phenoxy) is 1. The third-order valence-corrected chi connectivity index (χ3v) is 5.92. The summed E-state index contributed by atoms with van der Waals surface area (Å²) in [7, 11) is 0. The second kappa shape index (κ2) is 7.17. The van der Waals surface area contributed by atoms with E-state index >= 15 is 0 Å². The fraction of sp³-hybridized carbons (Fsp3) is 0.0500. The number of aromatic nitrogens is 1. The third-order valence-electron chi connectivity index (χ3n) is 3.69. The van der Waals surface area contributed by atoms with Gasteiger partial charge < -0.3 is 9.84 Å². The van der Waals surface area contributed by atoms with Crippen LogP contribution in [0.4, 0.5) is 0 Å². The Balaban J connectivity index is 1.61. The van der Waals surface area contributed by atoms with E-state index in [9.17, 15) is 5.11 Å². The normalized spacial score (nSPS) is 10.9. The lowest BCUT2D eigenvalue weighted by Gasteiger charge is -2.07. The molecule has 0 bridgehead atoms. The van der Waals surface area contributed by atoms with Crippen molar-refractivity contribution in [1.29, 1.82) is 0 Å². The summed E-state index contributed by atoms with van der Waals surface area (Å²) < 4.78 is 6.93. The number of aromatic hydroxyl groups is 1. The monoisotopic (exact) mass is 365 g/mol. The van der Waals surface area contributed by atoms with Gasteiger partial charge in [0.2, 0.25) is 0 Å². The van der Waals surface area contributed by atoms with E-state index in [0.29, 0.717) is 11.7 Å². The Morgan fingerprint density at radius 3 is 2.72 bits per heavy atom. The van der Waals surface area contributed by atoms with Crippen molar-refractivity contribution in [2.24, 2.45) is 0 Å². The van der Waals surface area contributed by atoms with Crippen LogP contribution in [0.2, 0.25) is 0 Å². The average Bonchev–Trinajstić information content (AvgIpc) is 2.97. The lowest BCUT2D eigenvalue weighted by Crippen LogP contribution is -1.95. The number of benzene rings is 2. The van der Waals surface area contributed by atoms with Crippen LogP contribution in [0.25, 0.3) is 10.1 Å². The Bertz CT molecular complexity index is 985. The zero-order chi connectivity index (χ0) is 17.1. The van der Waals surface area contributed by atoms with Gasteiger partial charge in [-0.15, -0.1) is 0 Å². The fourth-order valence-corrected chi connectivity index (χ4v) is 4.51. The Morgan fingerprint density at radius 1 is 1.04 bits per heavy atom. The zero-order valence-corrected chi connectivity index (χ0v) is 14.9. The fourth-order valence-electron chi connectivity index (χ4n) is 2.49. The number of hydrogen-bond donors (Lipinski definition) is 1. The summed E-state index contributed by atoms with van der Waals surface area (Å²) >= 11 is 2.96. The van der Waals surface area contributed by atoms with E-state index in [-0.39, 0.29) is 0 Å². The molecule has 0 aliphatic carbocycles. The average molecular weight is 365 g/mol. The molecule has 2 aromatic carbocycles. The molecule has 0 saturated heterocycles. The highest BCUT2D eigenvalue weighted by molar-refractivity contribution is 7.99. The van der Waals surface area contributed by atoms with E-state index in [1.807, 2.05) is 60.7 Å². The van der Waals surface area contributed by atoms with Crippen molar-refractivity contribution in [3.63, 3.8) is 0 Å². The minimum absolute atomic E-state index is 0.341. The molecule has 0 aliphatic heterocycles. The Morgan fingerprint density at radius 2 is 1.92 bits per heavy atom. The van der Waals surface area contributed by atoms with E-state index in [0.717, 1.165) is 31.2 Å². The smallest absolute Gasteiger partial charge is 0.186 e. The second-order valence-electron chi connectivity index (χ2n) is 5.46. The number of hydrogen-bond acceptors (Lipinski definition) is 5. The summed E-state index contributed by atoms with van der Waals surface area (Å²) in [6, 6.07) is 19.9. The van der Waals surface area contributed by atoms with Gasteiger partial charge in [-0.05, 0) is 36.4 Å². The SMILES string of the molecule is Oc1sc2ccc(OCc3cccnc3)cc2c1Sc1ccccc1. The van der Waals surface area contributed by atoms with Crippen LogP contribution < -0.4 is 4.74 Å². The van der Waals surface area contributed by atoms with Gasteiger partial charge in [-0.3, -0.25) is 4.98 Å². The first-order valence-electron chi connectivity index (χ1n) is 7.80. The molecule has 2 heterocycles. The van der Waals surface area contributed by atoms with Gasteiger partial charge in [-0.2, -0.15) is 0 Å².